The van der Waals surface area contributed by atoms with Gasteiger partial charge in [0, 0.05) is 23.4 Å². The van der Waals surface area contributed by atoms with Crippen LogP contribution in [0.5, 0.6) is 0 Å². The summed E-state index contributed by atoms with van der Waals surface area (Å²) in [6.45, 7) is 1.62. The molecule has 0 radical (unpaired) electrons. The number of carbonyl (C=O) groups excluding carboxylic acids is 1. The summed E-state index contributed by atoms with van der Waals surface area (Å²) >= 11 is 10.5. The molecule has 0 saturated carbocycles. The van der Waals surface area contributed by atoms with Crippen LogP contribution in [0.4, 0.5) is 18.9 Å². The molecular weight excluding hydrogens is 464 g/mol. The molecule has 6 nitrogen and oxygen atoms in total. The molecule has 2 aromatic heterocycles. The van der Waals surface area contributed by atoms with Crippen LogP contribution in [0.25, 0.3) is 5.82 Å². The quantitative estimate of drug-likeness (QED) is 0.543. The lowest BCUT2D eigenvalue weighted by Crippen LogP contribution is -2.20. The summed E-state index contributed by atoms with van der Waals surface area (Å²) in [5, 5.41) is 6.29. The summed E-state index contributed by atoms with van der Waals surface area (Å²) in [6, 6.07) is 6.42. The van der Waals surface area contributed by atoms with Gasteiger partial charge in [-0.1, -0.05) is 23.2 Å². The van der Waals surface area contributed by atoms with Crippen LogP contribution in [0.15, 0.2) is 41.4 Å². The molecule has 0 aliphatic carbocycles. The molecule has 3 rings (SSSR count). The molecule has 1 aromatic carbocycles. The summed E-state index contributed by atoms with van der Waals surface area (Å²) in [6.07, 6.45) is -2.10. The van der Waals surface area contributed by atoms with Crippen LogP contribution in [0, 0.1) is 6.92 Å². The Kier molecular flexibility index (Phi) is 6.32. The van der Waals surface area contributed by atoms with E-state index in [9.17, 15) is 22.5 Å². The van der Waals surface area contributed by atoms with Gasteiger partial charge in [0.2, 0.25) is 0 Å². The topological polar surface area (TPSA) is 82.9 Å². The normalized spacial score (nSPS) is 12.7. The molecule has 0 bridgehead atoms. The van der Waals surface area contributed by atoms with Crippen molar-refractivity contribution in [1.29, 1.82) is 0 Å². The Bertz CT molecular complexity index is 1120. The fourth-order valence-electron chi connectivity index (χ4n) is 2.65. The van der Waals surface area contributed by atoms with E-state index in [0.29, 0.717) is 21.3 Å². The highest BCUT2D eigenvalue weighted by Gasteiger charge is 2.37. The molecule has 1 atom stereocenters. The second-order valence-electron chi connectivity index (χ2n) is 6.14. The number of benzene rings is 1. The van der Waals surface area contributed by atoms with Crippen molar-refractivity contribution in [2.45, 2.75) is 18.0 Å². The Morgan fingerprint density at radius 2 is 1.97 bits per heavy atom. The molecular formula is C18H13Cl2F3N4O2S. The minimum Gasteiger partial charge on any atom is -0.612 e. The molecule has 0 fully saturated rings. The van der Waals surface area contributed by atoms with E-state index in [2.05, 4.69) is 15.4 Å². The van der Waals surface area contributed by atoms with Crippen molar-refractivity contribution >= 4 is 46.0 Å². The van der Waals surface area contributed by atoms with E-state index in [0.717, 1.165) is 0 Å². The van der Waals surface area contributed by atoms with Crippen LogP contribution in [-0.4, -0.2) is 31.5 Å². The number of hydrogen-bond acceptors (Lipinski definition) is 4. The molecule has 0 aliphatic heterocycles. The molecule has 1 amide bonds. The van der Waals surface area contributed by atoms with Gasteiger partial charge in [0.15, 0.2) is 16.4 Å². The number of halogens is 5. The predicted molar refractivity (Wildman–Crippen MR) is 108 cm³/mol. The number of nitrogens with zero attached hydrogens (tertiary/aromatic N) is 3. The van der Waals surface area contributed by atoms with Crippen molar-refractivity contribution in [2.24, 2.45) is 0 Å². The van der Waals surface area contributed by atoms with Crippen molar-refractivity contribution in [3.63, 3.8) is 0 Å². The zero-order chi connectivity index (χ0) is 22.2. The van der Waals surface area contributed by atoms with Gasteiger partial charge in [-0.25, -0.2) is 9.67 Å². The van der Waals surface area contributed by atoms with E-state index >= 15 is 0 Å². The van der Waals surface area contributed by atoms with Gasteiger partial charge in [-0.2, -0.15) is 18.3 Å². The lowest BCUT2D eigenvalue weighted by Gasteiger charge is -2.15. The SMILES string of the molecule is Cc1cc(Cl)cc([S+](C)[O-])c1NC(=O)c1cc(C(F)(F)F)nn1-c1ncccc1Cl. The number of alkyl halides is 3. The van der Waals surface area contributed by atoms with Gasteiger partial charge >= 0.3 is 6.18 Å². The number of amides is 1. The molecule has 0 aliphatic rings. The van der Waals surface area contributed by atoms with Crippen LogP contribution >= 0.6 is 23.2 Å². The third kappa shape index (κ3) is 4.56. The van der Waals surface area contributed by atoms with Gasteiger partial charge in [0.25, 0.3) is 5.91 Å². The van der Waals surface area contributed by atoms with E-state index in [1.807, 2.05) is 0 Å². The number of nitrogens with one attached hydrogen (secondary N) is 1. The Labute approximate surface area is 182 Å². The first-order valence-corrected chi connectivity index (χ1v) is 10.5. The second kappa shape index (κ2) is 8.46. The molecule has 158 valence electrons. The van der Waals surface area contributed by atoms with Gasteiger partial charge in [0.05, 0.1) is 10.7 Å². The van der Waals surface area contributed by atoms with Crippen LogP contribution in [-0.2, 0) is 17.4 Å². The van der Waals surface area contributed by atoms with Crippen LogP contribution in [0.1, 0.15) is 21.7 Å². The summed E-state index contributed by atoms with van der Waals surface area (Å²) in [7, 11) is 0. The number of aromatic nitrogens is 3. The minimum atomic E-state index is -4.80. The molecule has 1 N–H and O–H groups in total. The van der Waals surface area contributed by atoms with E-state index in [4.69, 9.17) is 23.2 Å². The molecule has 2 heterocycles. The highest BCUT2D eigenvalue weighted by molar-refractivity contribution is 7.90. The molecule has 30 heavy (non-hydrogen) atoms. The average molecular weight is 477 g/mol. The monoisotopic (exact) mass is 476 g/mol. The van der Waals surface area contributed by atoms with E-state index in [-0.39, 0.29) is 21.4 Å². The minimum absolute atomic E-state index is 0.00130. The average Bonchev–Trinajstić information content (AvgIpc) is 3.09. The first kappa shape index (κ1) is 22.4. The van der Waals surface area contributed by atoms with Gasteiger partial charge in [-0.3, -0.25) is 4.79 Å². The van der Waals surface area contributed by atoms with Gasteiger partial charge < -0.3 is 9.87 Å². The predicted octanol–water partition coefficient (Wildman–Crippen LogP) is 4.89. The summed E-state index contributed by atoms with van der Waals surface area (Å²) in [5.41, 5.74) is -1.08. The highest BCUT2D eigenvalue weighted by Crippen LogP contribution is 2.32. The Morgan fingerprint density at radius 1 is 1.27 bits per heavy atom. The lowest BCUT2D eigenvalue weighted by atomic mass is 10.2. The summed E-state index contributed by atoms with van der Waals surface area (Å²) < 4.78 is 52.5. The fraction of sp³-hybridized carbons (Fsp3) is 0.167. The van der Waals surface area contributed by atoms with Crippen molar-refractivity contribution in [3.05, 3.63) is 63.5 Å². The van der Waals surface area contributed by atoms with Crippen LogP contribution in [0.2, 0.25) is 10.0 Å². The Morgan fingerprint density at radius 3 is 2.57 bits per heavy atom. The smallest absolute Gasteiger partial charge is 0.435 e. The van der Waals surface area contributed by atoms with Crippen LogP contribution in [0.3, 0.4) is 0 Å². The van der Waals surface area contributed by atoms with E-state index in [1.54, 1.807) is 6.92 Å². The Balaban J connectivity index is 2.11. The van der Waals surface area contributed by atoms with Gasteiger partial charge in [-0.05, 0) is 41.9 Å². The number of carbonyl (C=O) groups is 1. The number of pyridine rings is 1. The summed E-state index contributed by atoms with van der Waals surface area (Å²) in [5.74, 6) is -1.07. The first-order valence-electron chi connectivity index (χ1n) is 8.22. The van der Waals surface area contributed by atoms with Gasteiger partial charge in [0.1, 0.15) is 11.9 Å². The zero-order valence-corrected chi connectivity index (χ0v) is 17.7. The lowest BCUT2D eigenvalue weighted by molar-refractivity contribution is -0.141. The highest BCUT2D eigenvalue weighted by atomic mass is 35.5. The maximum atomic E-state index is 13.3. The number of hydrogen-bond donors (Lipinski definition) is 1. The van der Waals surface area contributed by atoms with E-state index < -0.39 is 34.6 Å². The van der Waals surface area contributed by atoms with E-state index in [1.165, 1.54) is 36.7 Å². The van der Waals surface area contributed by atoms with Crippen molar-refractivity contribution < 1.29 is 22.5 Å². The van der Waals surface area contributed by atoms with Crippen molar-refractivity contribution in [3.8, 4) is 5.82 Å². The second-order valence-corrected chi connectivity index (χ2v) is 8.33. The third-order valence-corrected chi connectivity index (χ3v) is 5.44. The summed E-state index contributed by atoms with van der Waals surface area (Å²) in [4.78, 5) is 17.1. The Hall–Kier alpha value is -2.27. The number of aryl methyl sites for hydroxylation is 1. The largest absolute Gasteiger partial charge is 0.612 e. The zero-order valence-electron chi connectivity index (χ0n) is 15.4. The molecule has 0 spiro atoms. The third-order valence-electron chi connectivity index (χ3n) is 3.98. The molecule has 0 saturated heterocycles. The van der Waals surface area contributed by atoms with Gasteiger partial charge in [-0.15, -0.1) is 0 Å². The standard InChI is InChI=1S/C18H13Cl2F3N4O2S/c1-9-6-10(19)7-13(30(2)29)15(9)25-17(28)12-8-14(18(21,22)23)26-27(12)16-11(20)4-3-5-24-16/h3-8H,1-2H3,(H,25,28). The molecule has 3 aromatic rings. The van der Waals surface area contributed by atoms with Crippen molar-refractivity contribution in [1.82, 2.24) is 14.8 Å². The van der Waals surface area contributed by atoms with Crippen LogP contribution < -0.4 is 5.32 Å². The van der Waals surface area contributed by atoms with Crippen molar-refractivity contribution in [2.75, 3.05) is 11.6 Å². The first-order chi connectivity index (χ1) is 14.0. The number of anilines is 1. The maximum Gasteiger partial charge on any atom is 0.435 e. The fourth-order valence-corrected chi connectivity index (χ4v) is 3.98. The molecule has 12 heteroatoms. The molecule has 1 unspecified atom stereocenters. The number of rotatable bonds is 4. The maximum absolute atomic E-state index is 13.3.